The Labute approximate surface area is 102 Å². The Morgan fingerprint density at radius 1 is 1.18 bits per heavy atom. The molecule has 0 saturated carbocycles. The summed E-state index contributed by atoms with van der Waals surface area (Å²) >= 11 is 1.60. The predicted molar refractivity (Wildman–Crippen MR) is 71.6 cm³/mol. The van der Waals surface area contributed by atoms with Crippen LogP contribution in [0, 0.1) is 0 Å². The molecule has 2 aromatic heterocycles. The van der Waals surface area contributed by atoms with E-state index < -0.39 is 0 Å². The van der Waals surface area contributed by atoms with Crippen LogP contribution in [0.5, 0.6) is 0 Å². The maximum Gasteiger partial charge on any atom is 0.188 e. The van der Waals surface area contributed by atoms with Crippen LogP contribution in [0.25, 0.3) is 10.2 Å². The van der Waals surface area contributed by atoms with Crippen LogP contribution in [0.15, 0.2) is 42.7 Å². The minimum absolute atomic E-state index is 0.617. The first-order valence-corrected chi connectivity index (χ1v) is 5.97. The number of anilines is 3. The Bertz CT molecular complexity index is 629. The monoisotopic (exact) mass is 242 g/mol. The molecule has 0 aliphatic carbocycles. The second-order valence-corrected chi connectivity index (χ2v) is 4.61. The van der Waals surface area contributed by atoms with Crippen LogP contribution >= 0.6 is 11.3 Å². The van der Waals surface area contributed by atoms with Crippen molar-refractivity contribution in [3.05, 3.63) is 42.7 Å². The number of nitrogen functional groups attached to an aromatic ring is 1. The van der Waals surface area contributed by atoms with Crippen molar-refractivity contribution in [1.29, 1.82) is 0 Å². The van der Waals surface area contributed by atoms with Crippen molar-refractivity contribution in [2.24, 2.45) is 0 Å². The quantitative estimate of drug-likeness (QED) is 0.725. The second kappa shape index (κ2) is 4.03. The largest absolute Gasteiger partial charge is 0.396 e. The van der Waals surface area contributed by atoms with Gasteiger partial charge in [-0.3, -0.25) is 4.98 Å². The van der Waals surface area contributed by atoms with Crippen molar-refractivity contribution in [2.75, 3.05) is 11.1 Å². The molecule has 1 aromatic carbocycles. The van der Waals surface area contributed by atoms with Crippen molar-refractivity contribution in [2.45, 2.75) is 0 Å². The van der Waals surface area contributed by atoms with Crippen LogP contribution < -0.4 is 11.1 Å². The highest BCUT2D eigenvalue weighted by atomic mass is 32.1. The highest BCUT2D eigenvalue weighted by Crippen LogP contribution is 2.29. The fourth-order valence-electron chi connectivity index (χ4n) is 1.56. The van der Waals surface area contributed by atoms with Crippen LogP contribution in [0.1, 0.15) is 0 Å². The number of nitrogens with zero attached hydrogens (tertiary/aromatic N) is 2. The third kappa shape index (κ3) is 1.92. The van der Waals surface area contributed by atoms with E-state index in [1.165, 1.54) is 0 Å². The van der Waals surface area contributed by atoms with E-state index in [0.29, 0.717) is 5.69 Å². The van der Waals surface area contributed by atoms with Gasteiger partial charge in [0, 0.05) is 6.20 Å². The number of thiazole rings is 1. The molecule has 0 amide bonds. The van der Waals surface area contributed by atoms with Crippen LogP contribution in [0.4, 0.5) is 16.5 Å². The number of benzene rings is 1. The standard InChI is InChI=1S/C12H10N4S/c13-8-7-14-6-5-9(8)15-12-16-10-3-1-2-4-11(10)17-12/h1-7H,13H2,(H,14,15,16). The molecule has 0 radical (unpaired) electrons. The number of hydrogen-bond acceptors (Lipinski definition) is 5. The molecule has 3 aromatic rings. The van der Waals surface area contributed by atoms with Gasteiger partial charge in [-0.2, -0.15) is 0 Å². The summed E-state index contributed by atoms with van der Waals surface area (Å²) < 4.78 is 1.16. The summed E-state index contributed by atoms with van der Waals surface area (Å²) in [6.07, 6.45) is 3.32. The highest BCUT2D eigenvalue weighted by Gasteiger charge is 2.04. The molecule has 0 atom stereocenters. The minimum atomic E-state index is 0.617. The van der Waals surface area contributed by atoms with Crippen LogP contribution in [0.2, 0.25) is 0 Å². The zero-order valence-electron chi connectivity index (χ0n) is 8.92. The summed E-state index contributed by atoms with van der Waals surface area (Å²) in [4.78, 5) is 8.43. The van der Waals surface area contributed by atoms with Gasteiger partial charge in [0.25, 0.3) is 0 Å². The van der Waals surface area contributed by atoms with Crippen LogP contribution in [-0.4, -0.2) is 9.97 Å². The first kappa shape index (κ1) is 10.0. The smallest absolute Gasteiger partial charge is 0.188 e. The van der Waals surface area contributed by atoms with Gasteiger partial charge in [-0.25, -0.2) is 4.98 Å². The number of aromatic nitrogens is 2. The fourth-order valence-corrected chi connectivity index (χ4v) is 2.44. The van der Waals surface area contributed by atoms with Gasteiger partial charge >= 0.3 is 0 Å². The molecule has 0 bridgehead atoms. The molecule has 2 heterocycles. The number of hydrogen-bond donors (Lipinski definition) is 2. The molecule has 17 heavy (non-hydrogen) atoms. The summed E-state index contributed by atoms with van der Waals surface area (Å²) in [6, 6.07) is 9.86. The molecular formula is C12H10N4S. The first-order chi connectivity index (χ1) is 8.33. The summed E-state index contributed by atoms with van der Waals surface area (Å²) in [7, 11) is 0. The van der Waals surface area contributed by atoms with Gasteiger partial charge in [0.1, 0.15) is 0 Å². The van der Waals surface area contributed by atoms with Gasteiger partial charge in [-0.05, 0) is 18.2 Å². The van der Waals surface area contributed by atoms with Crippen LogP contribution in [0.3, 0.4) is 0 Å². The Hall–Kier alpha value is -2.14. The molecule has 0 aliphatic heterocycles. The van der Waals surface area contributed by atoms with E-state index in [2.05, 4.69) is 15.3 Å². The topological polar surface area (TPSA) is 63.8 Å². The van der Waals surface area contributed by atoms with E-state index in [9.17, 15) is 0 Å². The normalized spacial score (nSPS) is 10.6. The lowest BCUT2D eigenvalue weighted by molar-refractivity contribution is 1.32. The lowest BCUT2D eigenvalue weighted by atomic mass is 10.3. The number of fused-ring (bicyclic) bond motifs is 1. The van der Waals surface area contributed by atoms with Gasteiger partial charge in [0.2, 0.25) is 0 Å². The molecule has 0 unspecified atom stereocenters. The average Bonchev–Trinajstić information content (AvgIpc) is 2.74. The molecule has 0 aliphatic rings. The Morgan fingerprint density at radius 3 is 2.88 bits per heavy atom. The highest BCUT2D eigenvalue weighted by molar-refractivity contribution is 7.22. The maximum absolute atomic E-state index is 5.81. The first-order valence-electron chi connectivity index (χ1n) is 5.15. The van der Waals surface area contributed by atoms with Gasteiger partial charge in [-0.1, -0.05) is 23.5 Å². The van der Waals surface area contributed by atoms with E-state index in [-0.39, 0.29) is 0 Å². The molecule has 84 valence electrons. The zero-order chi connectivity index (χ0) is 11.7. The molecular weight excluding hydrogens is 232 g/mol. The van der Waals surface area contributed by atoms with E-state index in [1.54, 1.807) is 23.7 Å². The van der Waals surface area contributed by atoms with E-state index in [4.69, 9.17) is 5.73 Å². The lowest BCUT2D eigenvalue weighted by Gasteiger charge is -2.04. The van der Waals surface area contributed by atoms with Crippen molar-refractivity contribution >= 4 is 38.1 Å². The Balaban J connectivity index is 1.98. The predicted octanol–water partition coefficient (Wildman–Crippen LogP) is 3.02. The van der Waals surface area contributed by atoms with Gasteiger partial charge < -0.3 is 11.1 Å². The molecule has 3 rings (SSSR count). The summed E-state index contributed by atoms with van der Waals surface area (Å²) in [5.74, 6) is 0. The van der Waals surface area contributed by atoms with Gasteiger partial charge in [0.15, 0.2) is 5.13 Å². The minimum Gasteiger partial charge on any atom is -0.396 e. The number of pyridine rings is 1. The number of nitrogens with two attached hydrogens (primary N) is 1. The van der Waals surface area contributed by atoms with E-state index in [1.807, 2.05) is 30.3 Å². The fraction of sp³-hybridized carbons (Fsp3) is 0. The third-order valence-corrected chi connectivity index (χ3v) is 3.34. The molecule has 4 nitrogen and oxygen atoms in total. The van der Waals surface area contributed by atoms with Gasteiger partial charge in [-0.15, -0.1) is 0 Å². The molecule has 0 saturated heterocycles. The van der Waals surface area contributed by atoms with Gasteiger partial charge in [0.05, 0.1) is 27.8 Å². The Morgan fingerprint density at radius 2 is 2.06 bits per heavy atom. The van der Waals surface area contributed by atoms with Crippen molar-refractivity contribution in [1.82, 2.24) is 9.97 Å². The Kier molecular flexibility index (Phi) is 2.38. The van der Waals surface area contributed by atoms with Crippen molar-refractivity contribution in [3.8, 4) is 0 Å². The summed E-state index contributed by atoms with van der Waals surface area (Å²) in [6.45, 7) is 0. The van der Waals surface area contributed by atoms with Crippen molar-refractivity contribution in [3.63, 3.8) is 0 Å². The van der Waals surface area contributed by atoms with Crippen LogP contribution in [-0.2, 0) is 0 Å². The third-order valence-electron chi connectivity index (χ3n) is 2.39. The number of rotatable bonds is 2. The van der Waals surface area contributed by atoms with E-state index in [0.717, 1.165) is 21.0 Å². The molecule has 0 fully saturated rings. The second-order valence-electron chi connectivity index (χ2n) is 3.57. The average molecular weight is 242 g/mol. The SMILES string of the molecule is Nc1cnccc1Nc1nc2ccccc2s1. The molecule has 0 spiro atoms. The van der Waals surface area contributed by atoms with Crippen molar-refractivity contribution < 1.29 is 0 Å². The zero-order valence-corrected chi connectivity index (χ0v) is 9.74. The van der Waals surface area contributed by atoms with E-state index >= 15 is 0 Å². The molecule has 3 N–H and O–H groups in total. The molecule has 5 heteroatoms. The number of para-hydroxylation sites is 1. The summed E-state index contributed by atoms with van der Waals surface area (Å²) in [5.41, 5.74) is 8.26. The lowest BCUT2D eigenvalue weighted by Crippen LogP contribution is -1.95. The number of nitrogens with one attached hydrogen (secondary N) is 1. The maximum atomic E-state index is 5.81. The summed E-state index contributed by atoms with van der Waals surface area (Å²) in [5, 5.41) is 4.04.